The number of anilines is 1. The maximum absolute atomic E-state index is 13.8. The second-order valence-corrected chi connectivity index (χ2v) is 11.3. The number of nitrogens with zero attached hydrogens (tertiary/aromatic N) is 4. The van der Waals surface area contributed by atoms with E-state index in [1.165, 1.54) is 24.0 Å². The Hall–Kier alpha value is -3.24. The van der Waals surface area contributed by atoms with E-state index in [0.29, 0.717) is 5.52 Å². The molecule has 2 aromatic heterocycles. The van der Waals surface area contributed by atoms with Crippen LogP contribution in [-0.4, -0.2) is 66.4 Å². The number of nitrogen functional groups attached to an aromatic ring is 1. The van der Waals surface area contributed by atoms with Gasteiger partial charge in [0.05, 0.1) is 25.2 Å². The summed E-state index contributed by atoms with van der Waals surface area (Å²) in [5, 5.41) is 13.6. The molecule has 208 valence electrons. The van der Waals surface area contributed by atoms with Crippen LogP contribution < -0.4 is 15.3 Å². The monoisotopic (exact) mass is 578 g/mol. The van der Waals surface area contributed by atoms with Crippen molar-refractivity contribution in [2.75, 3.05) is 12.3 Å². The summed E-state index contributed by atoms with van der Waals surface area (Å²) in [4.78, 5) is 22.9. The lowest BCUT2D eigenvalue weighted by Crippen LogP contribution is -2.41. The predicted octanol–water partition coefficient (Wildman–Crippen LogP) is 2.41. The Morgan fingerprint density at radius 3 is 2.74 bits per heavy atom. The van der Waals surface area contributed by atoms with Crippen LogP contribution in [0.2, 0.25) is 0 Å². The van der Waals surface area contributed by atoms with Gasteiger partial charge in [0.2, 0.25) is 5.95 Å². The number of hydrogen-bond acceptors (Lipinski definition) is 11. The maximum atomic E-state index is 13.8. The molecule has 0 radical (unpaired) electrons. The summed E-state index contributed by atoms with van der Waals surface area (Å²) in [7, 11) is -4.24. The number of fused-ring (bicyclic) bond motifs is 1. The normalized spacial score (nSPS) is 25.2. The smallest absolute Gasteiger partial charge is 0.459 e. The Bertz CT molecular complexity index is 1420. The number of aliphatic hydroxyl groups excluding tert-OH is 1. The minimum atomic E-state index is -4.24. The standard InChI is InChI=1S/C24H28ClN6O7P/c1-5-24(25)19(32)18(37-22(24)31-13-28-17-11-27-23(26)29-20(17)31)12-35-39(34,38-16-9-7-6-8-10-16)30-15(4)21(33)36-14(2)3/h1,6-11,13-15,18-19,22,32H,12H2,2-4H3,(H,30,34)(H2,26,27,29)/t15-,18+,19-,22+,24?,39?/m0/s1. The molecule has 15 heteroatoms. The van der Waals surface area contributed by atoms with Crippen LogP contribution in [-0.2, 0) is 23.4 Å². The molecule has 0 amide bonds. The summed E-state index contributed by atoms with van der Waals surface area (Å²) < 4.78 is 37.7. The van der Waals surface area contributed by atoms with E-state index in [2.05, 4.69) is 26.0 Å². The van der Waals surface area contributed by atoms with Gasteiger partial charge in [-0.25, -0.2) is 14.5 Å². The number of imidazole rings is 1. The van der Waals surface area contributed by atoms with Crippen LogP contribution in [0.5, 0.6) is 5.75 Å². The van der Waals surface area contributed by atoms with E-state index in [0.717, 1.165) is 0 Å². The van der Waals surface area contributed by atoms with E-state index >= 15 is 0 Å². The zero-order valence-corrected chi connectivity index (χ0v) is 23.0. The predicted molar refractivity (Wildman–Crippen MR) is 142 cm³/mol. The highest BCUT2D eigenvalue weighted by molar-refractivity contribution is 7.52. The summed E-state index contributed by atoms with van der Waals surface area (Å²) in [6, 6.07) is 7.15. The number of carbonyl (C=O) groups excluding carboxylic acids is 1. The molecular weight excluding hydrogens is 551 g/mol. The van der Waals surface area contributed by atoms with E-state index in [1.54, 1.807) is 44.2 Å². The SMILES string of the molecule is C#CC1(Cl)[C@@H](O)[C@@H](COP(=O)(N[C@@H](C)C(=O)OC(C)C)Oc2ccccc2)O[C@H]1n1cnc2cnc(N)nc21. The molecule has 3 heterocycles. The number of esters is 1. The lowest BCUT2D eigenvalue weighted by Gasteiger charge is -2.26. The Labute approximate surface area is 229 Å². The van der Waals surface area contributed by atoms with Crippen LogP contribution in [0.1, 0.15) is 27.0 Å². The van der Waals surface area contributed by atoms with Gasteiger partial charge in [0.15, 0.2) is 16.7 Å². The zero-order valence-electron chi connectivity index (χ0n) is 21.3. The highest BCUT2D eigenvalue weighted by Gasteiger charge is 2.56. The van der Waals surface area contributed by atoms with Crippen molar-refractivity contribution in [1.82, 2.24) is 24.6 Å². The van der Waals surface area contributed by atoms with Crippen LogP contribution in [0.4, 0.5) is 5.95 Å². The summed E-state index contributed by atoms with van der Waals surface area (Å²) in [5.74, 6) is 1.90. The molecule has 1 saturated heterocycles. The van der Waals surface area contributed by atoms with E-state index in [1.807, 2.05) is 0 Å². The average molecular weight is 579 g/mol. The summed E-state index contributed by atoms with van der Waals surface area (Å²) in [6.45, 7) is 4.33. The fourth-order valence-electron chi connectivity index (χ4n) is 3.83. The number of nitrogens with two attached hydrogens (primary N) is 1. The zero-order chi connectivity index (χ0) is 28.4. The first-order chi connectivity index (χ1) is 18.5. The molecule has 1 aliphatic heterocycles. The van der Waals surface area contributed by atoms with Crippen molar-refractivity contribution in [2.24, 2.45) is 0 Å². The Morgan fingerprint density at radius 1 is 1.36 bits per heavy atom. The van der Waals surface area contributed by atoms with Crippen LogP contribution >= 0.6 is 19.3 Å². The fraction of sp³-hybridized carbons (Fsp3) is 0.417. The molecule has 13 nitrogen and oxygen atoms in total. The molecule has 1 aliphatic rings. The molecule has 0 spiro atoms. The Kier molecular flexibility index (Phi) is 8.46. The van der Waals surface area contributed by atoms with Gasteiger partial charge in [-0.1, -0.05) is 35.7 Å². The van der Waals surface area contributed by atoms with Crippen LogP contribution in [0.25, 0.3) is 11.2 Å². The average Bonchev–Trinajstić information content (AvgIpc) is 3.41. The van der Waals surface area contributed by atoms with Gasteiger partial charge in [-0.15, -0.1) is 6.42 Å². The first-order valence-electron chi connectivity index (χ1n) is 11.9. The van der Waals surface area contributed by atoms with Gasteiger partial charge in [-0.2, -0.15) is 10.1 Å². The van der Waals surface area contributed by atoms with E-state index in [-0.39, 0.29) is 17.3 Å². The third-order valence-corrected chi connectivity index (χ3v) is 7.85. The molecular formula is C24H28ClN6O7P. The molecule has 0 aliphatic carbocycles. The largest absolute Gasteiger partial charge is 0.462 e. The lowest BCUT2D eigenvalue weighted by atomic mass is 9.99. The van der Waals surface area contributed by atoms with E-state index in [4.69, 9.17) is 42.3 Å². The van der Waals surface area contributed by atoms with Gasteiger partial charge >= 0.3 is 13.7 Å². The van der Waals surface area contributed by atoms with Crippen molar-refractivity contribution in [3.05, 3.63) is 42.9 Å². The van der Waals surface area contributed by atoms with Gasteiger partial charge in [-0.05, 0) is 32.9 Å². The molecule has 0 bridgehead atoms. The number of aromatic nitrogens is 4. The number of alkyl halides is 1. The molecule has 4 rings (SSSR count). The number of benzene rings is 1. The number of ether oxygens (including phenoxy) is 2. The Morgan fingerprint density at radius 2 is 2.08 bits per heavy atom. The minimum absolute atomic E-state index is 0.0151. The summed E-state index contributed by atoms with van der Waals surface area (Å²) in [5.41, 5.74) is 6.39. The first kappa shape index (κ1) is 28.8. The van der Waals surface area contributed by atoms with Crippen molar-refractivity contribution < 1.29 is 33.0 Å². The molecule has 6 atom stereocenters. The maximum Gasteiger partial charge on any atom is 0.459 e. The van der Waals surface area contributed by atoms with Crippen molar-refractivity contribution in [3.8, 4) is 18.1 Å². The highest BCUT2D eigenvalue weighted by atomic mass is 35.5. The fourth-order valence-corrected chi connectivity index (χ4v) is 5.63. The van der Waals surface area contributed by atoms with Crippen molar-refractivity contribution in [3.63, 3.8) is 0 Å². The summed E-state index contributed by atoms with van der Waals surface area (Å²) >= 11 is 6.68. The molecule has 4 N–H and O–H groups in total. The van der Waals surface area contributed by atoms with E-state index < -0.39 is 55.8 Å². The minimum Gasteiger partial charge on any atom is -0.462 e. The van der Waals surface area contributed by atoms with Gasteiger partial charge < -0.3 is 24.8 Å². The second-order valence-electron chi connectivity index (χ2n) is 9.01. The third kappa shape index (κ3) is 6.17. The quantitative estimate of drug-likeness (QED) is 0.139. The van der Waals surface area contributed by atoms with Crippen LogP contribution in [0.3, 0.4) is 0 Å². The van der Waals surface area contributed by atoms with E-state index in [9.17, 15) is 14.5 Å². The lowest BCUT2D eigenvalue weighted by molar-refractivity contribution is -0.149. The topological polar surface area (TPSA) is 173 Å². The molecule has 2 unspecified atom stereocenters. The molecule has 39 heavy (non-hydrogen) atoms. The second kappa shape index (κ2) is 11.5. The number of aliphatic hydroxyl groups is 1. The molecule has 0 saturated carbocycles. The number of carbonyl (C=O) groups is 1. The number of terminal acetylenes is 1. The van der Waals surface area contributed by atoms with Crippen molar-refractivity contribution in [2.45, 2.75) is 56.2 Å². The van der Waals surface area contributed by atoms with Crippen LogP contribution in [0, 0.1) is 12.3 Å². The van der Waals surface area contributed by atoms with Gasteiger partial charge in [0.1, 0.15) is 29.5 Å². The third-order valence-electron chi connectivity index (χ3n) is 5.69. The number of nitrogens with one attached hydrogen (secondary N) is 1. The van der Waals surface area contributed by atoms with Gasteiger partial charge in [-0.3, -0.25) is 13.9 Å². The van der Waals surface area contributed by atoms with Gasteiger partial charge in [0.25, 0.3) is 0 Å². The Balaban J connectivity index is 1.57. The number of para-hydroxylation sites is 1. The molecule has 1 aromatic carbocycles. The number of hydrogen-bond donors (Lipinski definition) is 3. The highest BCUT2D eigenvalue weighted by Crippen LogP contribution is 2.48. The van der Waals surface area contributed by atoms with Crippen molar-refractivity contribution in [1.29, 1.82) is 0 Å². The van der Waals surface area contributed by atoms with Gasteiger partial charge in [0, 0.05) is 0 Å². The van der Waals surface area contributed by atoms with Crippen molar-refractivity contribution >= 4 is 42.4 Å². The summed E-state index contributed by atoms with van der Waals surface area (Å²) in [6.07, 6.45) is 4.30. The first-order valence-corrected chi connectivity index (χ1v) is 13.8. The van der Waals surface area contributed by atoms with Crippen LogP contribution in [0.15, 0.2) is 42.9 Å². The number of rotatable bonds is 10. The molecule has 3 aromatic rings. The molecule has 1 fully saturated rings. The number of halogens is 1.